The van der Waals surface area contributed by atoms with Gasteiger partial charge in [0.05, 0.1) is 5.41 Å². The summed E-state index contributed by atoms with van der Waals surface area (Å²) in [7, 11) is 0. The molecule has 0 aromatic rings. The number of esters is 2. The minimum Gasteiger partial charge on any atom is -0.461 e. The van der Waals surface area contributed by atoms with Crippen LogP contribution in [0.25, 0.3) is 0 Å². The van der Waals surface area contributed by atoms with Gasteiger partial charge in [0.1, 0.15) is 13.2 Å². The molecule has 0 spiro atoms. The average molecular weight is 282 g/mol. The van der Waals surface area contributed by atoms with Gasteiger partial charge >= 0.3 is 11.9 Å². The summed E-state index contributed by atoms with van der Waals surface area (Å²) >= 11 is 0. The first-order chi connectivity index (χ1) is 9.04. The summed E-state index contributed by atoms with van der Waals surface area (Å²) in [5.74, 6) is -0.843. The lowest BCUT2D eigenvalue weighted by Gasteiger charge is -2.37. The molecule has 0 fully saturated rings. The summed E-state index contributed by atoms with van der Waals surface area (Å²) in [6.07, 6.45) is 3.00. The molecule has 0 bridgehead atoms. The SMILES string of the molecule is C=CC(=O)OCCOC(=O)C(C)(C=C(C)C)C(C)(C)C. The molecule has 0 aliphatic rings. The Labute approximate surface area is 121 Å². The van der Waals surface area contributed by atoms with Gasteiger partial charge in [-0.2, -0.15) is 0 Å². The van der Waals surface area contributed by atoms with Gasteiger partial charge in [0.15, 0.2) is 0 Å². The number of rotatable bonds is 6. The minimum atomic E-state index is -0.728. The van der Waals surface area contributed by atoms with Gasteiger partial charge < -0.3 is 9.47 Å². The van der Waals surface area contributed by atoms with E-state index in [1.54, 1.807) is 0 Å². The van der Waals surface area contributed by atoms with Gasteiger partial charge in [-0.1, -0.05) is 39.0 Å². The lowest BCUT2D eigenvalue weighted by Crippen LogP contribution is -2.40. The topological polar surface area (TPSA) is 52.6 Å². The Morgan fingerprint density at radius 1 is 1.05 bits per heavy atom. The Kier molecular flexibility index (Phi) is 6.69. The molecule has 20 heavy (non-hydrogen) atoms. The number of carbonyl (C=O) groups is 2. The van der Waals surface area contributed by atoms with Crippen LogP contribution in [0.5, 0.6) is 0 Å². The molecule has 114 valence electrons. The van der Waals surface area contributed by atoms with Gasteiger partial charge in [-0.3, -0.25) is 4.79 Å². The predicted molar refractivity (Wildman–Crippen MR) is 79.1 cm³/mol. The third-order valence-electron chi connectivity index (χ3n) is 3.29. The summed E-state index contributed by atoms with van der Waals surface area (Å²) < 4.78 is 10.0. The molecule has 0 amide bonds. The van der Waals surface area contributed by atoms with E-state index in [4.69, 9.17) is 9.47 Å². The van der Waals surface area contributed by atoms with E-state index >= 15 is 0 Å². The highest BCUT2D eigenvalue weighted by Gasteiger charge is 2.43. The summed E-state index contributed by atoms with van der Waals surface area (Å²) in [6.45, 7) is 15.1. The normalized spacial score (nSPS) is 13.9. The molecule has 0 saturated heterocycles. The van der Waals surface area contributed by atoms with Gasteiger partial charge in [-0.15, -0.1) is 0 Å². The molecule has 1 unspecified atom stereocenters. The molecule has 0 radical (unpaired) electrons. The van der Waals surface area contributed by atoms with Crippen molar-refractivity contribution in [2.24, 2.45) is 10.8 Å². The van der Waals surface area contributed by atoms with E-state index in [0.29, 0.717) is 0 Å². The summed E-state index contributed by atoms with van der Waals surface area (Å²) in [6, 6.07) is 0. The second kappa shape index (κ2) is 7.27. The smallest absolute Gasteiger partial charge is 0.330 e. The van der Waals surface area contributed by atoms with Crippen LogP contribution in [0.15, 0.2) is 24.3 Å². The highest BCUT2D eigenvalue weighted by Crippen LogP contribution is 2.41. The molecule has 0 aromatic heterocycles. The van der Waals surface area contributed by atoms with E-state index in [1.807, 2.05) is 47.6 Å². The lowest BCUT2D eigenvalue weighted by molar-refractivity contribution is -0.161. The molecule has 0 aromatic carbocycles. The van der Waals surface area contributed by atoms with Crippen LogP contribution >= 0.6 is 0 Å². The zero-order valence-electron chi connectivity index (χ0n) is 13.4. The predicted octanol–water partition coefficient (Wildman–Crippen LogP) is 3.28. The molecule has 1 atom stereocenters. The van der Waals surface area contributed by atoms with E-state index in [0.717, 1.165) is 11.6 Å². The van der Waals surface area contributed by atoms with Crippen LogP contribution in [0.1, 0.15) is 41.5 Å². The fraction of sp³-hybridized carbons (Fsp3) is 0.625. The van der Waals surface area contributed by atoms with E-state index in [-0.39, 0.29) is 24.6 Å². The molecule has 0 rings (SSSR count). The Bertz CT molecular complexity index is 397. The highest BCUT2D eigenvalue weighted by atomic mass is 16.6. The van der Waals surface area contributed by atoms with Crippen molar-refractivity contribution in [3.05, 3.63) is 24.3 Å². The van der Waals surface area contributed by atoms with E-state index in [1.165, 1.54) is 0 Å². The first kappa shape index (κ1) is 18.4. The number of hydrogen-bond acceptors (Lipinski definition) is 4. The standard InChI is InChI=1S/C16H26O4/c1-8-13(17)19-9-10-20-14(18)16(7,11-12(2)3)15(4,5)6/h8,11H,1,9-10H2,2-7H3. The molecular weight excluding hydrogens is 256 g/mol. The van der Waals surface area contributed by atoms with Crippen molar-refractivity contribution in [2.75, 3.05) is 13.2 Å². The number of ether oxygens (including phenoxy) is 2. The van der Waals surface area contributed by atoms with Crippen LogP contribution in [0.2, 0.25) is 0 Å². The van der Waals surface area contributed by atoms with E-state index in [9.17, 15) is 9.59 Å². The Morgan fingerprint density at radius 3 is 1.95 bits per heavy atom. The third-order valence-corrected chi connectivity index (χ3v) is 3.29. The molecule has 0 aliphatic heterocycles. The van der Waals surface area contributed by atoms with Gasteiger partial charge in [-0.05, 0) is 26.2 Å². The van der Waals surface area contributed by atoms with E-state index < -0.39 is 11.4 Å². The second-order valence-corrected chi connectivity index (χ2v) is 6.18. The Balaban J connectivity index is 4.72. The van der Waals surface area contributed by atoms with Gasteiger partial charge in [0, 0.05) is 6.08 Å². The minimum absolute atomic E-state index is 0.0334. The van der Waals surface area contributed by atoms with Crippen molar-refractivity contribution in [2.45, 2.75) is 41.5 Å². The van der Waals surface area contributed by atoms with Gasteiger partial charge in [0.2, 0.25) is 0 Å². The largest absolute Gasteiger partial charge is 0.461 e. The van der Waals surface area contributed by atoms with E-state index in [2.05, 4.69) is 6.58 Å². The van der Waals surface area contributed by atoms with Crippen LogP contribution in [0.3, 0.4) is 0 Å². The van der Waals surface area contributed by atoms with Crippen LogP contribution < -0.4 is 0 Å². The zero-order chi connectivity index (χ0) is 16.0. The molecular formula is C16H26O4. The lowest BCUT2D eigenvalue weighted by atomic mass is 9.67. The van der Waals surface area contributed by atoms with Crippen molar-refractivity contribution in [3.8, 4) is 0 Å². The zero-order valence-corrected chi connectivity index (χ0v) is 13.4. The number of allylic oxidation sites excluding steroid dienone is 1. The maximum absolute atomic E-state index is 12.3. The van der Waals surface area contributed by atoms with Gasteiger partial charge in [0.25, 0.3) is 0 Å². The van der Waals surface area contributed by atoms with Crippen molar-refractivity contribution >= 4 is 11.9 Å². The molecule has 4 heteroatoms. The monoisotopic (exact) mass is 282 g/mol. The quantitative estimate of drug-likeness (QED) is 0.325. The van der Waals surface area contributed by atoms with Crippen LogP contribution in [-0.2, 0) is 19.1 Å². The Morgan fingerprint density at radius 2 is 1.55 bits per heavy atom. The number of hydrogen-bond donors (Lipinski definition) is 0. The van der Waals surface area contributed by atoms with Crippen LogP contribution in [-0.4, -0.2) is 25.2 Å². The Hall–Kier alpha value is -1.58. The highest BCUT2D eigenvalue weighted by molar-refractivity contribution is 5.81. The number of carbonyl (C=O) groups excluding carboxylic acids is 2. The molecule has 0 aliphatic carbocycles. The first-order valence-electron chi connectivity index (χ1n) is 6.67. The summed E-state index contributed by atoms with van der Waals surface area (Å²) in [5.41, 5.74) is 0.0467. The van der Waals surface area contributed by atoms with Gasteiger partial charge in [-0.25, -0.2) is 4.79 Å². The van der Waals surface area contributed by atoms with Crippen molar-refractivity contribution in [3.63, 3.8) is 0 Å². The third kappa shape index (κ3) is 5.19. The fourth-order valence-electron chi connectivity index (χ4n) is 1.64. The maximum Gasteiger partial charge on any atom is 0.330 e. The summed E-state index contributed by atoms with van der Waals surface area (Å²) in [5, 5.41) is 0. The second-order valence-electron chi connectivity index (χ2n) is 6.18. The van der Waals surface area contributed by atoms with Crippen LogP contribution in [0, 0.1) is 10.8 Å². The molecule has 4 nitrogen and oxygen atoms in total. The maximum atomic E-state index is 12.3. The molecule has 0 heterocycles. The van der Waals surface area contributed by atoms with Crippen LogP contribution in [0.4, 0.5) is 0 Å². The van der Waals surface area contributed by atoms with Crippen molar-refractivity contribution < 1.29 is 19.1 Å². The van der Waals surface area contributed by atoms with Crippen molar-refractivity contribution in [1.82, 2.24) is 0 Å². The fourth-order valence-corrected chi connectivity index (χ4v) is 1.64. The summed E-state index contributed by atoms with van der Waals surface area (Å²) in [4.78, 5) is 23.2. The molecule has 0 N–H and O–H groups in total. The molecule has 0 saturated carbocycles. The first-order valence-corrected chi connectivity index (χ1v) is 6.67. The average Bonchev–Trinajstić information content (AvgIpc) is 2.31. The van der Waals surface area contributed by atoms with Crippen molar-refractivity contribution in [1.29, 1.82) is 0 Å².